The van der Waals surface area contributed by atoms with Crippen LogP contribution >= 0.6 is 39.1 Å². The lowest BCUT2D eigenvalue weighted by Gasteiger charge is -2.06. The van der Waals surface area contributed by atoms with Crippen LogP contribution in [0.15, 0.2) is 16.6 Å². The van der Waals surface area contributed by atoms with Gasteiger partial charge < -0.3 is 4.74 Å². The van der Waals surface area contributed by atoms with Crippen molar-refractivity contribution in [1.82, 2.24) is 0 Å². The molecule has 0 atom stereocenters. The summed E-state index contributed by atoms with van der Waals surface area (Å²) in [6.07, 6.45) is 0. The van der Waals surface area contributed by atoms with Crippen LogP contribution in [0.2, 0.25) is 5.02 Å². The van der Waals surface area contributed by atoms with E-state index in [0.717, 1.165) is 5.56 Å². The highest BCUT2D eigenvalue weighted by Gasteiger charge is 2.14. The second-order valence-electron chi connectivity index (χ2n) is 2.56. The van der Waals surface area contributed by atoms with Gasteiger partial charge in [-0.25, -0.2) is 4.79 Å². The van der Waals surface area contributed by atoms with Crippen LogP contribution in [0.25, 0.3) is 0 Å². The van der Waals surface area contributed by atoms with E-state index in [1.807, 2.05) is 0 Å². The number of benzene rings is 1. The molecule has 14 heavy (non-hydrogen) atoms. The molecule has 1 aromatic carbocycles. The zero-order valence-corrected chi connectivity index (χ0v) is 10.4. The van der Waals surface area contributed by atoms with Gasteiger partial charge in [0.15, 0.2) is 0 Å². The Labute approximate surface area is 100 Å². The van der Waals surface area contributed by atoms with Gasteiger partial charge in [-0.2, -0.15) is 0 Å². The van der Waals surface area contributed by atoms with E-state index in [1.54, 1.807) is 12.1 Å². The van der Waals surface area contributed by atoms with E-state index >= 15 is 0 Å². The molecule has 0 aliphatic carbocycles. The topological polar surface area (TPSA) is 26.3 Å². The Kier molecular flexibility index (Phi) is 4.23. The molecular formula is C9H7BrCl2O2. The van der Waals surface area contributed by atoms with Crippen LogP contribution in [-0.4, -0.2) is 13.1 Å². The summed E-state index contributed by atoms with van der Waals surface area (Å²) in [6, 6.07) is 3.38. The summed E-state index contributed by atoms with van der Waals surface area (Å²) in [4.78, 5) is 11.3. The van der Waals surface area contributed by atoms with E-state index in [0.29, 0.717) is 20.9 Å². The van der Waals surface area contributed by atoms with Crippen molar-refractivity contribution in [3.63, 3.8) is 0 Å². The molecule has 0 radical (unpaired) electrons. The summed E-state index contributed by atoms with van der Waals surface area (Å²) < 4.78 is 5.22. The Morgan fingerprint density at radius 2 is 2.21 bits per heavy atom. The lowest BCUT2D eigenvalue weighted by atomic mass is 10.1. The van der Waals surface area contributed by atoms with Gasteiger partial charge in [0, 0.05) is 10.4 Å². The number of alkyl halides is 1. The van der Waals surface area contributed by atoms with Crippen LogP contribution < -0.4 is 0 Å². The molecule has 0 saturated heterocycles. The van der Waals surface area contributed by atoms with Crippen molar-refractivity contribution in [2.24, 2.45) is 0 Å². The maximum atomic E-state index is 11.3. The van der Waals surface area contributed by atoms with Gasteiger partial charge in [-0.3, -0.25) is 0 Å². The van der Waals surface area contributed by atoms with Crippen molar-refractivity contribution >= 4 is 45.1 Å². The second kappa shape index (κ2) is 5.01. The zero-order valence-electron chi connectivity index (χ0n) is 7.31. The lowest BCUT2D eigenvalue weighted by molar-refractivity contribution is 0.0601. The van der Waals surface area contributed by atoms with Crippen molar-refractivity contribution in [2.75, 3.05) is 7.11 Å². The summed E-state index contributed by atoms with van der Waals surface area (Å²) >= 11 is 14.8. The third-order valence-corrected chi connectivity index (χ3v) is 3.22. The molecule has 76 valence electrons. The van der Waals surface area contributed by atoms with Gasteiger partial charge >= 0.3 is 5.97 Å². The highest BCUT2D eigenvalue weighted by molar-refractivity contribution is 9.10. The maximum absolute atomic E-state index is 11.3. The van der Waals surface area contributed by atoms with Crippen LogP contribution in [0.5, 0.6) is 0 Å². The van der Waals surface area contributed by atoms with Crippen LogP contribution in [0.4, 0.5) is 0 Å². The third-order valence-electron chi connectivity index (χ3n) is 1.65. The molecule has 1 aromatic rings. The lowest BCUT2D eigenvalue weighted by Crippen LogP contribution is -2.03. The van der Waals surface area contributed by atoms with Crippen LogP contribution in [0, 0.1) is 0 Å². The van der Waals surface area contributed by atoms with Crippen LogP contribution in [0.3, 0.4) is 0 Å². The van der Waals surface area contributed by atoms with Gasteiger partial charge in [0.25, 0.3) is 0 Å². The minimum atomic E-state index is -0.470. The van der Waals surface area contributed by atoms with Gasteiger partial charge in [0.1, 0.15) is 0 Å². The first-order valence-corrected chi connectivity index (χ1v) is 5.43. The number of esters is 1. The van der Waals surface area contributed by atoms with E-state index in [9.17, 15) is 4.79 Å². The fourth-order valence-corrected chi connectivity index (χ4v) is 1.83. The standard InChI is InChI=1S/C9H7BrCl2O2/c1-14-9(13)6-2-5(4-11)3-7(10)8(6)12/h2-3H,4H2,1H3. The molecule has 5 heteroatoms. The Hall–Kier alpha value is -0.250. The number of carbonyl (C=O) groups excluding carboxylic acids is 1. The minimum absolute atomic E-state index is 0.319. The number of halogens is 3. The van der Waals surface area contributed by atoms with E-state index < -0.39 is 5.97 Å². The Morgan fingerprint density at radius 1 is 1.57 bits per heavy atom. The summed E-state index contributed by atoms with van der Waals surface area (Å²) in [5.74, 6) is -0.151. The van der Waals surface area contributed by atoms with Crippen molar-refractivity contribution in [3.8, 4) is 0 Å². The largest absolute Gasteiger partial charge is 0.465 e. The minimum Gasteiger partial charge on any atom is -0.465 e. The summed E-state index contributed by atoms with van der Waals surface area (Å²) in [6.45, 7) is 0. The maximum Gasteiger partial charge on any atom is 0.339 e. The molecule has 0 N–H and O–H groups in total. The number of methoxy groups -OCH3 is 1. The quantitative estimate of drug-likeness (QED) is 0.615. The fourth-order valence-electron chi connectivity index (χ4n) is 0.981. The molecule has 0 amide bonds. The monoisotopic (exact) mass is 296 g/mol. The first-order chi connectivity index (χ1) is 6.60. The Morgan fingerprint density at radius 3 is 2.71 bits per heavy atom. The molecule has 0 saturated carbocycles. The average Bonchev–Trinajstić information content (AvgIpc) is 2.20. The van der Waals surface area contributed by atoms with Crippen LogP contribution in [0.1, 0.15) is 15.9 Å². The first-order valence-electron chi connectivity index (χ1n) is 3.72. The molecule has 0 unspecified atom stereocenters. The SMILES string of the molecule is COC(=O)c1cc(CCl)cc(Br)c1Cl. The predicted molar refractivity (Wildman–Crippen MR) is 60.0 cm³/mol. The van der Waals surface area contributed by atoms with Gasteiger partial charge in [-0.05, 0) is 33.6 Å². The van der Waals surface area contributed by atoms with Gasteiger partial charge in [-0.1, -0.05) is 11.6 Å². The van der Waals surface area contributed by atoms with Crippen LogP contribution in [-0.2, 0) is 10.6 Å². The molecule has 0 fully saturated rings. The molecule has 0 spiro atoms. The molecule has 0 heterocycles. The normalized spacial score (nSPS) is 10.0. The van der Waals surface area contributed by atoms with Crippen molar-refractivity contribution in [2.45, 2.75) is 5.88 Å². The van der Waals surface area contributed by atoms with Gasteiger partial charge in [0.05, 0.1) is 17.7 Å². The molecule has 1 rings (SSSR count). The summed E-state index contributed by atoms with van der Waals surface area (Å²) in [5, 5.41) is 0.339. The van der Waals surface area contributed by atoms with Crippen molar-refractivity contribution in [3.05, 3.63) is 32.8 Å². The van der Waals surface area contributed by atoms with Crippen molar-refractivity contribution < 1.29 is 9.53 Å². The zero-order chi connectivity index (χ0) is 10.7. The molecule has 0 aliphatic rings. The fraction of sp³-hybridized carbons (Fsp3) is 0.222. The third kappa shape index (κ3) is 2.41. The number of rotatable bonds is 2. The Balaban J connectivity index is 3.27. The predicted octanol–water partition coefficient (Wildman–Crippen LogP) is 3.63. The van der Waals surface area contributed by atoms with Gasteiger partial charge in [-0.15, -0.1) is 11.6 Å². The molecule has 0 aliphatic heterocycles. The number of hydrogen-bond donors (Lipinski definition) is 0. The average molecular weight is 298 g/mol. The molecule has 2 nitrogen and oxygen atoms in total. The highest BCUT2D eigenvalue weighted by Crippen LogP contribution is 2.29. The Bertz CT molecular complexity index is 366. The molecular weight excluding hydrogens is 291 g/mol. The van der Waals surface area contributed by atoms with E-state index in [4.69, 9.17) is 23.2 Å². The molecule has 0 bridgehead atoms. The number of carbonyl (C=O) groups is 1. The number of hydrogen-bond acceptors (Lipinski definition) is 2. The van der Waals surface area contributed by atoms with E-state index in [2.05, 4.69) is 20.7 Å². The first kappa shape index (κ1) is 11.8. The smallest absolute Gasteiger partial charge is 0.339 e. The van der Waals surface area contributed by atoms with E-state index in [-0.39, 0.29) is 0 Å². The second-order valence-corrected chi connectivity index (χ2v) is 4.06. The van der Waals surface area contributed by atoms with Crippen molar-refractivity contribution in [1.29, 1.82) is 0 Å². The molecule has 0 aromatic heterocycles. The van der Waals surface area contributed by atoms with E-state index in [1.165, 1.54) is 7.11 Å². The summed E-state index contributed by atoms with van der Waals surface area (Å²) in [7, 11) is 1.31. The summed E-state index contributed by atoms with van der Waals surface area (Å²) in [5.41, 5.74) is 1.13. The highest BCUT2D eigenvalue weighted by atomic mass is 79.9. The van der Waals surface area contributed by atoms with Gasteiger partial charge in [0.2, 0.25) is 0 Å². The number of ether oxygens (including phenoxy) is 1.